The summed E-state index contributed by atoms with van der Waals surface area (Å²) in [5, 5.41) is 0. The molecule has 0 spiro atoms. The van der Waals surface area contributed by atoms with Crippen LogP contribution in [0.4, 0.5) is 14.5 Å². The van der Waals surface area contributed by atoms with Gasteiger partial charge >= 0.3 is 0 Å². The first-order valence-electron chi connectivity index (χ1n) is 5.69. The highest BCUT2D eigenvalue weighted by Crippen LogP contribution is 2.44. The number of halogens is 2. The summed E-state index contributed by atoms with van der Waals surface area (Å²) >= 11 is 0. The first-order valence-corrected chi connectivity index (χ1v) is 5.69. The summed E-state index contributed by atoms with van der Waals surface area (Å²) in [7, 11) is 0. The van der Waals surface area contributed by atoms with E-state index in [2.05, 4.69) is 4.99 Å². The van der Waals surface area contributed by atoms with Gasteiger partial charge in [-0.25, -0.2) is 13.6 Å². The second-order valence-corrected chi connectivity index (χ2v) is 4.35. The fourth-order valence-electron chi connectivity index (χ4n) is 2.34. The highest BCUT2D eigenvalue weighted by Gasteiger charge is 2.41. The summed E-state index contributed by atoms with van der Waals surface area (Å²) in [6.07, 6.45) is 3.34. The molecule has 0 saturated heterocycles. The summed E-state index contributed by atoms with van der Waals surface area (Å²) in [6.45, 7) is 0. The van der Waals surface area contributed by atoms with Crippen molar-refractivity contribution in [3.63, 3.8) is 0 Å². The van der Waals surface area contributed by atoms with Crippen LogP contribution in [0.15, 0.2) is 29.3 Å². The second kappa shape index (κ2) is 4.76. The van der Waals surface area contributed by atoms with Gasteiger partial charge in [0.15, 0.2) is 0 Å². The maximum absolute atomic E-state index is 13.7. The summed E-state index contributed by atoms with van der Waals surface area (Å²) in [5.74, 6) is -3.32. The van der Waals surface area contributed by atoms with Gasteiger partial charge in [-0.1, -0.05) is 18.6 Å². The molecule has 0 heterocycles. The number of hydrogen-bond donors (Lipinski definition) is 0. The molecular formula is C13H13F2NO. The molecule has 90 valence electrons. The van der Waals surface area contributed by atoms with E-state index in [0.29, 0.717) is 24.1 Å². The smallest absolute Gasteiger partial charge is 0.211 e. The molecule has 0 amide bonds. The van der Waals surface area contributed by atoms with E-state index in [-0.39, 0.29) is 6.42 Å². The Hall–Kier alpha value is -1.54. The molecule has 1 aromatic carbocycles. The van der Waals surface area contributed by atoms with E-state index in [0.717, 1.165) is 6.42 Å². The van der Waals surface area contributed by atoms with Crippen molar-refractivity contribution in [2.45, 2.75) is 37.5 Å². The van der Waals surface area contributed by atoms with E-state index in [9.17, 15) is 13.6 Å². The zero-order chi connectivity index (χ0) is 12.3. The minimum atomic E-state index is -2.62. The second-order valence-electron chi connectivity index (χ2n) is 4.35. The quantitative estimate of drug-likeness (QED) is 0.565. The lowest BCUT2D eigenvalue weighted by molar-refractivity contribution is -0.0547. The summed E-state index contributed by atoms with van der Waals surface area (Å²) < 4.78 is 27.4. The van der Waals surface area contributed by atoms with E-state index >= 15 is 0 Å². The molecule has 2 rings (SSSR count). The van der Waals surface area contributed by atoms with E-state index in [1.54, 1.807) is 24.3 Å². The molecule has 1 unspecified atom stereocenters. The number of rotatable bonds is 2. The Kier molecular flexibility index (Phi) is 3.34. The van der Waals surface area contributed by atoms with Crippen molar-refractivity contribution in [3.8, 4) is 0 Å². The first kappa shape index (κ1) is 11.9. The van der Waals surface area contributed by atoms with Gasteiger partial charge < -0.3 is 0 Å². The highest BCUT2D eigenvalue weighted by molar-refractivity contribution is 5.49. The Morgan fingerprint density at radius 3 is 2.53 bits per heavy atom. The molecule has 0 aliphatic heterocycles. The van der Waals surface area contributed by atoms with E-state index in [1.807, 2.05) is 0 Å². The van der Waals surface area contributed by atoms with Gasteiger partial charge in [-0.3, -0.25) is 0 Å². The van der Waals surface area contributed by atoms with Crippen molar-refractivity contribution in [2.24, 2.45) is 4.99 Å². The minimum absolute atomic E-state index is 0.0358. The van der Waals surface area contributed by atoms with Crippen LogP contribution in [0.5, 0.6) is 0 Å². The highest BCUT2D eigenvalue weighted by atomic mass is 19.3. The van der Waals surface area contributed by atoms with Crippen molar-refractivity contribution in [1.82, 2.24) is 0 Å². The Labute approximate surface area is 98.4 Å². The van der Waals surface area contributed by atoms with Crippen molar-refractivity contribution in [3.05, 3.63) is 29.8 Å². The summed E-state index contributed by atoms with van der Waals surface area (Å²) in [5.41, 5.74) is 1.07. The lowest BCUT2D eigenvalue weighted by Gasteiger charge is -2.31. The third-order valence-corrected chi connectivity index (χ3v) is 3.23. The average molecular weight is 237 g/mol. The molecule has 0 radical (unpaired) electrons. The minimum Gasteiger partial charge on any atom is -0.211 e. The SMILES string of the molecule is O=C=Nc1ccc(C2CCCCC2(F)F)cc1. The van der Waals surface area contributed by atoms with Crippen LogP contribution >= 0.6 is 0 Å². The number of aliphatic imine (C=N–C) groups is 1. The Bertz CT molecular complexity index is 435. The molecule has 0 N–H and O–H groups in total. The molecule has 2 nitrogen and oxygen atoms in total. The molecule has 1 atom stereocenters. The van der Waals surface area contributed by atoms with Crippen LogP contribution in [0.2, 0.25) is 0 Å². The number of alkyl halides is 2. The summed E-state index contributed by atoms with van der Waals surface area (Å²) in [4.78, 5) is 13.5. The van der Waals surface area contributed by atoms with Gasteiger partial charge in [0.25, 0.3) is 5.92 Å². The van der Waals surface area contributed by atoms with Gasteiger partial charge in [-0.05, 0) is 30.5 Å². The van der Waals surface area contributed by atoms with Gasteiger partial charge in [0.05, 0.1) is 5.69 Å². The Morgan fingerprint density at radius 1 is 1.24 bits per heavy atom. The number of isocyanates is 1. The van der Waals surface area contributed by atoms with Crippen LogP contribution in [-0.2, 0) is 4.79 Å². The molecular weight excluding hydrogens is 224 g/mol. The molecule has 0 bridgehead atoms. The van der Waals surface area contributed by atoms with E-state index in [1.165, 1.54) is 6.08 Å². The average Bonchev–Trinajstić information content (AvgIpc) is 2.30. The first-order chi connectivity index (χ1) is 8.13. The number of carbonyl (C=O) groups excluding carboxylic acids is 1. The predicted octanol–water partition coefficient (Wildman–Crippen LogP) is 3.95. The van der Waals surface area contributed by atoms with Crippen LogP contribution in [0.25, 0.3) is 0 Å². The van der Waals surface area contributed by atoms with Gasteiger partial charge in [-0.2, -0.15) is 4.99 Å². The number of hydrogen-bond acceptors (Lipinski definition) is 2. The van der Waals surface area contributed by atoms with Gasteiger partial charge in [0.2, 0.25) is 6.08 Å². The fraction of sp³-hybridized carbons (Fsp3) is 0.462. The zero-order valence-electron chi connectivity index (χ0n) is 9.33. The summed E-state index contributed by atoms with van der Waals surface area (Å²) in [6, 6.07) is 6.40. The lowest BCUT2D eigenvalue weighted by atomic mass is 9.81. The van der Waals surface area contributed by atoms with Gasteiger partial charge in [0.1, 0.15) is 0 Å². The number of nitrogens with zero attached hydrogens (tertiary/aromatic N) is 1. The monoisotopic (exact) mass is 237 g/mol. The van der Waals surface area contributed by atoms with Crippen LogP contribution in [-0.4, -0.2) is 12.0 Å². The van der Waals surface area contributed by atoms with Gasteiger partial charge in [-0.15, -0.1) is 0 Å². The van der Waals surface area contributed by atoms with Gasteiger partial charge in [0, 0.05) is 12.3 Å². The Balaban J connectivity index is 2.24. The molecule has 1 aliphatic rings. The molecule has 0 aromatic heterocycles. The molecule has 1 aliphatic carbocycles. The molecule has 4 heteroatoms. The van der Waals surface area contributed by atoms with E-state index in [4.69, 9.17) is 0 Å². The fourth-order valence-corrected chi connectivity index (χ4v) is 2.34. The van der Waals surface area contributed by atoms with Crippen LogP contribution in [0.1, 0.15) is 37.2 Å². The van der Waals surface area contributed by atoms with Crippen LogP contribution in [0.3, 0.4) is 0 Å². The maximum atomic E-state index is 13.7. The van der Waals surface area contributed by atoms with Crippen molar-refractivity contribution in [1.29, 1.82) is 0 Å². The normalized spacial score (nSPS) is 22.8. The third-order valence-electron chi connectivity index (χ3n) is 3.23. The Morgan fingerprint density at radius 2 is 1.94 bits per heavy atom. The predicted molar refractivity (Wildman–Crippen MR) is 60.4 cm³/mol. The number of benzene rings is 1. The third kappa shape index (κ3) is 2.59. The van der Waals surface area contributed by atoms with Crippen molar-refractivity contribution >= 4 is 11.8 Å². The van der Waals surface area contributed by atoms with Crippen molar-refractivity contribution < 1.29 is 13.6 Å². The van der Waals surface area contributed by atoms with Crippen LogP contribution in [0, 0.1) is 0 Å². The molecule has 1 aromatic rings. The van der Waals surface area contributed by atoms with Crippen molar-refractivity contribution in [2.75, 3.05) is 0 Å². The molecule has 17 heavy (non-hydrogen) atoms. The maximum Gasteiger partial charge on any atom is 0.254 e. The van der Waals surface area contributed by atoms with E-state index < -0.39 is 11.8 Å². The standard InChI is InChI=1S/C13H13F2NO/c14-13(15)8-2-1-3-12(13)10-4-6-11(7-5-10)16-9-17/h4-7,12H,1-3,8H2. The molecule has 1 saturated carbocycles. The largest absolute Gasteiger partial charge is 0.254 e. The topological polar surface area (TPSA) is 29.4 Å². The van der Waals surface area contributed by atoms with Crippen LogP contribution < -0.4 is 0 Å². The zero-order valence-corrected chi connectivity index (χ0v) is 9.33. The lowest BCUT2D eigenvalue weighted by Crippen LogP contribution is -2.29. The molecule has 1 fully saturated rings.